The summed E-state index contributed by atoms with van der Waals surface area (Å²) in [5.74, 6) is 0.00275. The smallest absolute Gasteiger partial charge is 0.262 e. The lowest BCUT2D eigenvalue weighted by Gasteiger charge is -2.08. The van der Waals surface area contributed by atoms with E-state index in [9.17, 15) is 14.4 Å². The molecule has 0 radical (unpaired) electrons. The van der Waals surface area contributed by atoms with Crippen molar-refractivity contribution in [2.45, 2.75) is 13.0 Å². The number of ether oxygens (including phenoxy) is 2. The Bertz CT molecular complexity index is 1150. The van der Waals surface area contributed by atoms with Gasteiger partial charge in [0.25, 0.3) is 5.91 Å². The summed E-state index contributed by atoms with van der Waals surface area (Å²) in [5.41, 5.74) is 4.61. The first-order valence-electron chi connectivity index (χ1n) is 10.8. The van der Waals surface area contributed by atoms with Gasteiger partial charge in [0.05, 0.1) is 13.3 Å². The van der Waals surface area contributed by atoms with Crippen LogP contribution in [-0.4, -0.2) is 37.7 Å². The third kappa shape index (κ3) is 9.01. The molecule has 0 atom stereocenters. The van der Waals surface area contributed by atoms with Crippen LogP contribution in [0.3, 0.4) is 0 Å². The molecule has 0 heterocycles. The fourth-order valence-electron chi connectivity index (χ4n) is 2.89. The number of amides is 3. The molecule has 0 spiro atoms. The molecule has 0 fully saturated rings. The largest absolute Gasteiger partial charge is 0.497 e. The number of nitrogens with zero attached hydrogens (tertiary/aromatic N) is 1. The van der Waals surface area contributed by atoms with E-state index in [4.69, 9.17) is 9.47 Å². The Morgan fingerprint density at radius 1 is 0.829 bits per heavy atom. The van der Waals surface area contributed by atoms with Gasteiger partial charge in [-0.15, -0.1) is 0 Å². The first-order chi connectivity index (χ1) is 17.0. The van der Waals surface area contributed by atoms with Gasteiger partial charge < -0.3 is 20.1 Å². The third-order valence-electron chi connectivity index (χ3n) is 4.68. The molecule has 35 heavy (non-hydrogen) atoms. The normalized spacial score (nSPS) is 10.4. The fourth-order valence-corrected chi connectivity index (χ4v) is 2.89. The van der Waals surface area contributed by atoms with Gasteiger partial charge in [0.2, 0.25) is 11.8 Å². The van der Waals surface area contributed by atoms with E-state index in [2.05, 4.69) is 21.2 Å². The van der Waals surface area contributed by atoms with E-state index >= 15 is 0 Å². The number of anilines is 1. The Morgan fingerprint density at radius 2 is 1.51 bits per heavy atom. The molecular formula is C26H26N4O5. The minimum Gasteiger partial charge on any atom is -0.497 e. The first-order valence-corrected chi connectivity index (χ1v) is 10.8. The number of methoxy groups -OCH3 is 1. The summed E-state index contributed by atoms with van der Waals surface area (Å²) in [4.78, 5) is 35.8. The molecule has 0 saturated heterocycles. The molecule has 0 aliphatic heterocycles. The number of nitrogens with one attached hydrogen (secondary N) is 3. The molecule has 0 saturated carbocycles. The second-order valence-electron chi connectivity index (χ2n) is 7.37. The Kier molecular flexibility index (Phi) is 9.38. The highest BCUT2D eigenvalue weighted by Gasteiger charge is 2.08. The molecule has 3 aromatic carbocycles. The van der Waals surface area contributed by atoms with E-state index in [1.54, 1.807) is 55.6 Å². The van der Waals surface area contributed by atoms with Gasteiger partial charge >= 0.3 is 0 Å². The summed E-state index contributed by atoms with van der Waals surface area (Å²) in [5, 5.41) is 9.27. The summed E-state index contributed by atoms with van der Waals surface area (Å²) in [6.07, 6.45) is 1.12. The lowest BCUT2D eigenvalue weighted by atomic mass is 10.2. The van der Waals surface area contributed by atoms with Crippen molar-refractivity contribution >= 4 is 29.6 Å². The highest BCUT2D eigenvalue weighted by Crippen LogP contribution is 2.15. The van der Waals surface area contributed by atoms with E-state index < -0.39 is 5.91 Å². The van der Waals surface area contributed by atoms with Gasteiger partial charge in [0.15, 0.2) is 6.61 Å². The number of hydrogen-bond donors (Lipinski definition) is 3. The molecule has 0 aromatic heterocycles. The van der Waals surface area contributed by atoms with E-state index in [1.165, 1.54) is 6.21 Å². The van der Waals surface area contributed by atoms with Gasteiger partial charge in [0, 0.05) is 12.2 Å². The maximum absolute atomic E-state index is 12.0. The average Bonchev–Trinajstić information content (AvgIpc) is 2.88. The Balaban J connectivity index is 1.35. The van der Waals surface area contributed by atoms with Crippen molar-refractivity contribution in [3.05, 3.63) is 90.0 Å². The van der Waals surface area contributed by atoms with Crippen LogP contribution in [0, 0.1) is 0 Å². The number of benzene rings is 3. The van der Waals surface area contributed by atoms with Crippen LogP contribution in [0.25, 0.3) is 0 Å². The molecule has 3 aromatic rings. The van der Waals surface area contributed by atoms with Crippen LogP contribution < -0.4 is 25.5 Å². The zero-order valence-corrected chi connectivity index (χ0v) is 19.2. The summed E-state index contributed by atoms with van der Waals surface area (Å²) >= 11 is 0. The number of hydrazone groups is 1. The van der Waals surface area contributed by atoms with Crippen molar-refractivity contribution in [2.24, 2.45) is 5.10 Å². The number of hydrogen-bond acceptors (Lipinski definition) is 6. The highest BCUT2D eigenvalue weighted by molar-refractivity contribution is 5.97. The molecule has 0 aliphatic rings. The summed E-state index contributed by atoms with van der Waals surface area (Å²) in [6.45, 7) is 0.204. The Hall–Kier alpha value is -4.66. The van der Waals surface area contributed by atoms with Crippen molar-refractivity contribution < 1.29 is 23.9 Å². The zero-order valence-electron chi connectivity index (χ0n) is 19.2. The topological polar surface area (TPSA) is 118 Å². The molecule has 0 bridgehead atoms. The second-order valence-corrected chi connectivity index (χ2v) is 7.37. The molecular weight excluding hydrogens is 448 g/mol. The van der Waals surface area contributed by atoms with Crippen molar-refractivity contribution in [3.63, 3.8) is 0 Å². The van der Waals surface area contributed by atoms with Crippen molar-refractivity contribution in [3.8, 4) is 11.5 Å². The van der Waals surface area contributed by atoms with Gasteiger partial charge in [-0.3, -0.25) is 14.4 Å². The molecule has 3 N–H and O–H groups in total. The van der Waals surface area contributed by atoms with E-state index in [1.807, 2.05) is 30.3 Å². The Labute approximate surface area is 203 Å². The quantitative estimate of drug-likeness (QED) is 0.224. The predicted molar refractivity (Wildman–Crippen MR) is 132 cm³/mol. The number of carbonyl (C=O) groups is 3. The molecule has 9 nitrogen and oxygen atoms in total. The summed E-state index contributed by atoms with van der Waals surface area (Å²) < 4.78 is 10.6. The van der Waals surface area contributed by atoms with Crippen LogP contribution in [-0.2, 0) is 20.9 Å². The van der Waals surface area contributed by atoms with Crippen molar-refractivity contribution in [1.82, 2.24) is 10.7 Å². The highest BCUT2D eigenvalue weighted by atomic mass is 16.5. The lowest BCUT2D eigenvalue weighted by Crippen LogP contribution is -2.29. The lowest BCUT2D eigenvalue weighted by molar-refractivity contribution is -0.129. The molecule has 3 amide bonds. The number of carbonyl (C=O) groups excluding carboxylic acids is 3. The molecule has 0 aliphatic carbocycles. The minimum atomic E-state index is -0.519. The second kappa shape index (κ2) is 13.1. The molecule has 0 unspecified atom stereocenters. The van der Waals surface area contributed by atoms with E-state index in [-0.39, 0.29) is 24.8 Å². The van der Waals surface area contributed by atoms with Crippen LogP contribution in [0.15, 0.2) is 84.0 Å². The minimum absolute atomic E-state index is 0.151. The van der Waals surface area contributed by atoms with Crippen LogP contribution in [0.4, 0.5) is 5.69 Å². The standard InChI is InChI=1S/C26H26N4O5/c1-34-22-13-9-21(10-14-22)29-26(33)18-35-23-11-7-20(8-12-23)17-28-30-25(32)15-24(31)27-16-19-5-3-2-4-6-19/h2-14,17H,15-16,18H2,1H3,(H,27,31)(H,29,33)(H,30,32)/b28-17+. The third-order valence-corrected chi connectivity index (χ3v) is 4.68. The average molecular weight is 475 g/mol. The maximum Gasteiger partial charge on any atom is 0.262 e. The van der Waals surface area contributed by atoms with Crippen LogP contribution in [0.5, 0.6) is 11.5 Å². The molecule has 180 valence electrons. The van der Waals surface area contributed by atoms with Gasteiger partial charge in [0.1, 0.15) is 17.9 Å². The predicted octanol–water partition coefficient (Wildman–Crippen LogP) is 2.87. The molecule has 3 rings (SSSR count). The van der Waals surface area contributed by atoms with Crippen LogP contribution in [0.1, 0.15) is 17.5 Å². The van der Waals surface area contributed by atoms with Gasteiger partial charge in [-0.05, 0) is 59.7 Å². The van der Waals surface area contributed by atoms with Gasteiger partial charge in [-0.25, -0.2) is 5.43 Å². The summed E-state index contributed by atoms with van der Waals surface area (Å²) in [6, 6.07) is 23.2. The summed E-state index contributed by atoms with van der Waals surface area (Å²) in [7, 11) is 1.57. The molecule has 9 heteroatoms. The van der Waals surface area contributed by atoms with E-state index in [0.29, 0.717) is 29.3 Å². The maximum atomic E-state index is 12.0. The van der Waals surface area contributed by atoms with E-state index in [0.717, 1.165) is 5.56 Å². The van der Waals surface area contributed by atoms with Crippen LogP contribution in [0.2, 0.25) is 0 Å². The van der Waals surface area contributed by atoms with Crippen molar-refractivity contribution in [1.29, 1.82) is 0 Å². The van der Waals surface area contributed by atoms with Crippen molar-refractivity contribution in [2.75, 3.05) is 19.0 Å². The first kappa shape index (κ1) is 25.0. The van der Waals surface area contributed by atoms with Gasteiger partial charge in [-0.1, -0.05) is 30.3 Å². The van der Waals surface area contributed by atoms with Crippen LogP contribution >= 0.6 is 0 Å². The SMILES string of the molecule is COc1ccc(NC(=O)COc2ccc(/C=N/NC(=O)CC(=O)NCc3ccccc3)cc2)cc1. The fraction of sp³-hybridized carbons (Fsp3) is 0.154. The van der Waals surface area contributed by atoms with Gasteiger partial charge in [-0.2, -0.15) is 5.10 Å². The zero-order chi connectivity index (χ0) is 24.9. The monoisotopic (exact) mass is 474 g/mol. The Morgan fingerprint density at radius 3 is 2.20 bits per heavy atom. The number of rotatable bonds is 11.